The maximum atomic E-state index is 13.3. The van der Waals surface area contributed by atoms with E-state index in [0.29, 0.717) is 0 Å². The molecule has 0 heterocycles. The number of rotatable bonds is 29. The minimum Gasteiger partial charge on any atom is -0.381 e. The number of hydrogen-bond donors (Lipinski definition) is 0. The van der Waals surface area contributed by atoms with Crippen molar-refractivity contribution in [2.45, 2.75) is 206 Å². The molecule has 3 nitrogen and oxygen atoms in total. The molecule has 0 radical (unpaired) electrons. The Labute approximate surface area is 276 Å². The average Bonchev–Trinajstić information content (AvgIpc) is 3.53. The highest BCUT2D eigenvalue weighted by molar-refractivity contribution is 7.87. The van der Waals surface area contributed by atoms with Crippen molar-refractivity contribution in [3.8, 4) is 0 Å². The molecule has 3 atom stereocenters. The number of hydrogen-bond acceptors (Lipinski definition) is 3. The molecular formula is C38H69F3O3S. The smallest absolute Gasteiger partial charge is 0.381 e. The van der Waals surface area contributed by atoms with Gasteiger partial charge < -0.3 is 4.18 Å². The lowest BCUT2D eigenvalue weighted by molar-refractivity contribution is -0.0532. The summed E-state index contributed by atoms with van der Waals surface area (Å²) in [6.45, 7) is 6.72. The molecule has 0 N–H and O–H groups in total. The summed E-state index contributed by atoms with van der Waals surface area (Å²) < 4.78 is 68.9. The summed E-state index contributed by atoms with van der Waals surface area (Å²) in [5.41, 5.74) is -5.33. The van der Waals surface area contributed by atoms with Crippen LogP contribution >= 0.6 is 0 Å². The summed E-state index contributed by atoms with van der Waals surface area (Å²) in [4.78, 5) is 0. The second-order valence-corrected chi connectivity index (χ2v) is 16.1. The van der Waals surface area contributed by atoms with Crippen LogP contribution in [0.15, 0.2) is 11.8 Å². The van der Waals surface area contributed by atoms with Crippen LogP contribution in [0.2, 0.25) is 0 Å². The van der Waals surface area contributed by atoms with Crippen LogP contribution in [0.4, 0.5) is 13.2 Å². The fourth-order valence-electron chi connectivity index (χ4n) is 8.51. The van der Waals surface area contributed by atoms with Gasteiger partial charge in [0.1, 0.15) is 5.76 Å². The third-order valence-corrected chi connectivity index (χ3v) is 12.0. The van der Waals surface area contributed by atoms with Crippen molar-refractivity contribution in [1.29, 1.82) is 0 Å². The number of halogens is 3. The molecule has 0 aromatic heterocycles. The largest absolute Gasteiger partial charge is 0.534 e. The van der Waals surface area contributed by atoms with Crippen molar-refractivity contribution in [3.63, 3.8) is 0 Å². The van der Waals surface area contributed by atoms with E-state index in [2.05, 4.69) is 20.8 Å². The standard InChI is InChI=1S/C38H69F3O3S/c1-4-7-10-13-16-19-22-25-28-35-34-31-33(32-36(34)44-45(42,43)38(39,40)41)37(35,29-26-23-20-17-14-11-8-5-2)30-27-24-21-18-15-12-9-6-3/h32-35H,4-31H2,1-3H3. The van der Waals surface area contributed by atoms with Crippen molar-refractivity contribution < 1.29 is 25.8 Å². The second-order valence-electron chi connectivity index (χ2n) is 14.6. The maximum Gasteiger partial charge on any atom is 0.534 e. The first-order chi connectivity index (χ1) is 21.6. The van der Waals surface area contributed by atoms with Gasteiger partial charge in [-0.25, -0.2) is 0 Å². The first-order valence-corrected chi connectivity index (χ1v) is 20.8. The molecule has 2 rings (SSSR count). The molecule has 1 saturated carbocycles. The van der Waals surface area contributed by atoms with E-state index in [1.54, 1.807) is 0 Å². The summed E-state index contributed by atoms with van der Waals surface area (Å²) >= 11 is 0. The second kappa shape index (κ2) is 22.0. The average molecular weight is 663 g/mol. The quantitative estimate of drug-likeness (QED) is 0.0455. The Morgan fingerprint density at radius 2 is 1.02 bits per heavy atom. The van der Waals surface area contributed by atoms with E-state index in [4.69, 9.17) is 4.18 Å². The number of unbranched alkanes of at least 4 members (excludes halogenated alkanes) is 21. The van der Waals surface area contributed by atoms with Crippen molar-refractivity contribution in [2.24, 2.45) is 23.2 Å². The zero-order chi connectivity index (χ0) is 33.0. The Morgan fingerprint density at radius 1 is 0.644 bits per heavy atom. The van der Waals surface area contributed by atoms with Gasteiger partial charge in [-0.2, -0.15) is 21.6 Å². The first-order valence-electron chi connectivity index (χ1n) is 19.3. The molecule has 266 valence electrons. The molecule has 0 saturated heterocycles. The third-order valence-electron chi connectivity index (χ3n) is 11.1. The summed E-state index contributed by atoms with van der Waals surface area (Å²) in [6.07, 6.45) is 35.7. The lowest BCUT2D eigenvalue weighted by Crippen LogP contribution is -2.37. The van der Waals surface area contributed by atoms with Crippen LogP contribution in [0.25, 0.3) is 0 Å². The van der Waals surface area contributed by atoms with Gasteiger partial charge in [-0.3, -0.25) is 0 Å². The van der Waals surface area contributed by atoms with Gasteiger partial charge in [0, 0.05) is 5.92 Å². The summed E-state index contributed by atoms with van der Waals surface area (Å²) in [5, 5.41) is 0. The molecule has 0 aromatic carbocycles. The van der Waals surface area contributed by atoms with E-state index < -0.39 is 15.6 Å². The maximum absolute atomic E-state index is 13.3. The first kappa shape index (κ1) is 40.5. The van der Waals surface area contributed by atoms with Crippen molar-refractivity contribution in [2.75, 3.05) is 0 Å². The Bertz CT molecular complexity index is 878. The van der Waals surface area contributed by atoms with Gasteiger partial charge in [0.15, 0.2) is 0 Å². The highest BCUT2D eigenvalue weighted by Crippen LogP contribution is 2.65. The fourth-order valence-corrected chi connectivity index (χ4v) is 9.04. The number of fused-ring (bicyclic) bond motifs is 2. The van der Waals surface area contributed by atoms with Gasteiger partial charge in [0.25, 0.3) is 0 Å². The minimum absolute atomic E-state index is 0.0606. The topological polar surface area (TPSA) is 43.4 Å². The molecule has 3 unspecified atom stereocenters. The van der Waals surface area contributed by atoms with Crippen LogP contribution in [0.1, 0.15) is 201 Å². The summed E-state index contributed by atoms with van der Waals surface area (Å²) in [7, 11) is -5.64. The summed E-state index contributed by atoms with van der Waals surface area (Å²) in [5.74, 6) is 0.207. The van der Waals surface area contributed by atoms with Gasteiger partial charge >= 0.3 is 15.6 Å². The number of allylic oxidation sites excluding steroid dienone is 2. The predicted octanol–water partition coefficient (Wildman–Crippen LogP) is 13.6. The SMILES string of the molecule is CCCCCCCCCCC1C2CC(C=C2OS(=O)(=O)C(F)(F)F)C1(CCCCCCCCCC)CCCCCCCCCC. The van der Waals surface area contributed by atoms with E-state index in [-0.39, 0.29) is 28.9 Å². The lowest BCUT2D eigenvalue weighted by Gasteiger charge is -2.44. The molecule has 7 heteroatoms. The molecule has 0 spiro atoms. The molecule has 0 aromatic rings. The van der Waals surface area contributed by atoms with Gasteiger partial charge in [0.05, 0.1) is 0 Å². The monoisotopic (exact) mass is 662 g/mol. The molecule has 1 fully saturated rings. The van der Waals surface area contributed by atoms with Gasteiger partial charge in [-0.15, -0.1) is 0 Å². The van der Waals surface area contributed by atoms with Crippen LogP contribution in [0, 0.1) is 23.2 Å². The highest BCUT2D eigenvalue weighted by Gasteiger charge is 2.59. The Hall–Kier alpha value is -0.720. The van der Waals surface area contributed by atoms with E-state index in [0.717, 1.165) is 51.4 Å². The zero-order valence-corrected chi connectivity index (χ0v) is 30.2. The van der Waals surface area contributed by atoms with Crippen LogP contribution in [0.3, 0.4) is 0 Å². The van der Waals surface area contributed by atoms with E-state index >= 15 is 0 Å². The van der Waals surface area contributed by atoms with Crippen LogP contribution < -0.4 is 0 Å². The normalized spacial score (nSPS) is 21.0. The molecular weight excluding hydrogens is 593 g/mol. The lowest BCUT2D eigenvalue weighted by atomic mass is 9.61. The predicted molar refractivity (Wildman–Crippen MR) is 183 cm³/mol. The number of alkyl halides is 3. The summed E-state index contributed by atoms with van der Waals surface area (Å²) in [6, 6.07) is 0. The van der Waals surface area contributed by atoms with E-state index in [1.165, 1.54) is 128 Å². The Balaban J connectivity index is 2.13. The molecule has 0 amide bonds. The van der Waals surface area contributed by atoms with Crippen LogP contribution in [-0.2, 0) is 14.3 Å². The van der Waals surface area contributed by atoms with Crippen molar-refractivity contribution in [1.82, 2.24) is 0 Å². The minimum atomic E-state index is -5.64. The highest BCUT2D eigenvalue weighted by atomic mass is 32.2. The third kappa shape index (κ3) is 13.7. The molecule has 45 heavy (non-hydrogen) atoms. The van der Waals surface area contributed by atoms with E-state index in [9.17, 15) is 21.6 Å². The molecule has 2 aliphatic carbocycles. The van der Waals surface area contributed by atoms with Gasteiger partial charge in [0.2, 0.25) is 0 Å². The molecule has 2 aliphatic rings. The van der Waals surface area contributed by atoms with E-state index in [1.807, 2.05) is 6.08 Å². The van der Waals surface area contributed by atoms with Crippen LogP contribution in [-0.4, -0.2) is 13.9 Å². The molecule has 2 bridgehead atoms. The van der Waals surface area contributed by atoms with Crippen LogP contribution in [0.5, 0.6) is 0 Å². The molecule has 0 aliphatic heterocycles. The Morgan fingerprint density at radius 3 is 1.42 bits per heavy atom. The van der Waals surface area contributed by atoms with Gasteiger partial charge in [-0.05, 0) is 49.0 Å². The Kier molecular flexibility index (Phi) is 19.8. The zero-order valence-electron chi connectivity index (χ0n) is 29.4. The van der Waals surface area contributed by atoms with Crippen molar-refractivity contribution >= 4 is 10.1 Å². The fraction of sp³-hybridized carbons (Fsp3) is 0.947. The van der Waals surface area contributed by atoms with Crippen molar-refractivity contribution in [3.05, 3.63) is 11.8 Å². The van der Waals surface area contributed by atoms with Gasteiger partial charge in [-0.1, -0.05) is 175 Å².